The molecule has 56 heavy (non-hydrogen) atoms. The number of hydrogen-bond acceptors (Lipinski definition) is 11. The molecular weight excluding hydrogens is 726 g/mol. The molecule has 17 heteroatoms. The molecule has 326 valence electrons. The van der Waals surface area contributed by atoms with Crippen LogP contribution in [0.1, 0.15) is 149 Å². The first-order valence-corrected chi connectivity index (χ1v) is 20.8. The van der Waals surface area contributed by atoms with Crippen LogP contribution in [-0.2, 0) is 28.8 Å². The molecule has 0 aromatic carbocycles. The molecular formula is C39H75N7O10. The molecule has 0 aromatic heterocycles. The van der Waals surface area contributed by atoms with E-state index in [0.29, 0.717) is 38.6 Å². The van der Waals surface area contributed by atoms with E-state index in [1.165, 1.54) is 71.6 Å². The molecule has 0 saturated heterocycles. The van der Waals surface area contributed by atoms with Gasteiger partial charge in [-0.25, -0.2) is 4.79 Å². The zero-order valence-electron chi connectivity index (χ0n) is 34.2. The van der Waals surface area contributed by atoms with Crippen molar-refractivity contribution in [3.05, 3.63) is 0 Å². The summed E-state index contributed by atoms with van der Waals surface area (Å²) in [6.45, 7) is 4.43. The number of nitrogens with two attached hydrogens (primary N) is 2. The van der Waals surface area contributed by atoms with Gasteiger partial charge in [0.25, 0.3) is 0 Å². The number of carbonyl (C=O) groups excluding carboxylic acids is 5. The second-order valence-corrected chi connectivity index (χ2v) is 14.8. The highest BCUT2D eigenvalue weighted by Gasteiger charge is 2.35. The zero-order valence-corrected chi connectivity index (χ0v) is 34.2. The highest BCUT2D eigenvalue weighted by molar-refractivity contribution is 5.96. The molecule has 7 atom stereocenters. The van der Waals surface area contributed by atoms with Gasteiger partial charge < -0.3 is 58.5 Å². The Kier molecular flexibility index (Phi) is 30.7. The van der Waals surface area contributed by atoms with Crippen molar-refractivity contribution in [3.63, 3.8) is 0 Å². The lowest BCUT2D eigenvalue weighted by molar-refractivity contribution is -0.143. The molecule has 0 fully saturated rings. The van der Waals surface area contributed by atoms with Crippen molar-refractivity contribution in [2.45, 2.75) is 192 Å². The Morgan fingerprint density at radius 1 is 0.500 bits per heavy atom. The summed E-state index contributed by atoms with van der Waals surface area (Å²) in [6, 6.07) is -7.25. The van der Waals surface area contributed by atoms with Crippen LogP contribution in [0.2, 0.25) is 0 Å². The Labute approximate surface area is 333 Å². The van der Waals surface area contributed by atoms with Gasteiger partial charge in [-0.05, 0) is 71.9 Å². The molecule has 0 unspecified atom stereocenters. The summed E-state index contributed by atoms with van der Waals surface area (Å²) >= 11 is 0. The van der Waals surface area contributed by atoms with Crippen LogP contribution in [0.25, 0.3) is 0 Å². The van der Waals surface area contributed by atoms with E-state index in [0.717, 1.165) is 19.3 Å². The van der Waals surface area contributed by atoms with E-state index in [1.807, 2.05) is 0 Å². The van der Waals surface area contributed by atoms with Crippen molar-refractivity contribution in [3.8, 4) is 0 Å². The largest absolute Gasteiger partial charge is 0.480 e. The summed E-state index contributed by atoms with van der Waals surface area (Å²) in [5.74, 6) is -5.49. The normalized spacial score (nSPS) is 15.0. The lowest BCUT2D eigenvalue weighted by atomic mass is 10.0. The molecule has 0 aliphatic rings. The quantitative estimate of drug-likeness (QED) is 0.0400. The van der Waals surface area contributed by atoms with Crippen molar-refractivity contribution in [1.29, 1.82) is 0 Å². The first kappa shape index (κ1) is 52.6. The van der Waals surface area contributed by atoms with Crippen molar-refractivity contribution in [2.24, 2.45) is 11.5 Å². The summed E-state index contributed by atoms with van der Waals surface area (Å²) in [4.78, 5) is 77.3. The van der Waals surface area contributed by atoms with E-state index in [9.17, 15) is 49.2 Å². The van der Waals surface area contributed by atoms with E-state index >= 15 is 0 Å². The maximum Gasteiger partial charge on any atom is 0.328 e. The lowest BCUT2D eigenvalue weighted by Crippen LogP contribution is -2.62. The summed E-state index contributed by atoms with van der Waals surface area (Å²) in [5, 5.41) is 51.6. The molecule has 0 spiro atoms. The second-order valence-electron chi connectivity index (χ2n) is 14.8. The van der Waals surface area contributed by atoms with Crippen molar-refractivity contribution >= 4 is 35.5 Å². The van der Waals surface area contributed by atoms with Crippen LogP contribution >= 0.6 is 0 Å². The Balaban J connectivity index is 5.38. The average molecular weight is 802 g/mol. The fraction of sp³-hybridized carbons (Fsp3) is 0.846. The molecule has 5 amide bonds. The van der Waals surface area contributed by atoms with Gasteiger partial charge in [0.1, 0.15) is 30.2 Å². The van der Waals surface area contributed by atoms with Gasteiger partial charge >= 0.3 is 5.97 Å². The first-order valence-electron chi connectivity index (χ1n) is 20.8. The highest BCUT2D eigenvalue weighted by atomic mass is 16.4. The van der Waals surface area contributed by atoms with Gasteiger partial charge in [-0.2, -0.15) is 0 Å². The van der Waals surface area contributed by atoms with Crippen LogP contribution < -0.4 is 38.1 Å². The molecule has 0 aliphatic carbocycles. The van der Waals surface area contributed by atoms with Crippen molar-refractivity contribution in [1.82, 2.24) is 26.6 Å². The third-order valence-corrected chi connectivity index (χ3v) is 9.61. The zero-order chi connectivity index (χ0) is 42.3. The number of carboxylic acid groups (broad SMARTS) is 1. The number of aliphatic carboxylic acids is 1. The number of aliphatic hydroxyl groups is 3. The smallest absolute Gasteiger partial charge is 0.328 e. The molecule has 0 rings (SSSR count). The predicted octanol–water partition coefficient (Wildman–Crippen LogP) is 0.988. The van der Waals surface area contributed by atoms with Crippen LogP contribution in [-0.4, -0.2) is 118 Å². The Bertz CT molecular complexity index is 1130. The van der Waals surface area contributed by atoms with E-state index in [1.54, 1.807) is 0 Å². The van der Waals surface area contributed by atoms with E-state index < -0.39 is 78.6 Å². The number of hydrogen-bond donors (Lipinski definition) is 11. The minimum Gasteiger partial charge on any atom is -0.480 e. The second kappa shape index (κ2) is 32.7. The fourth-order valence-corrected chi connectivity index (χ4v) is 6.12. The van der Waals surface area contributed by atoms with Crippen LogP contribution in [0, 0.1) is 0 Å². The predicted molar refractivity (Wildman–Crippen MR) is 214 cm³/mol. The minimum absolute atomic E-state index is 0.0238. The molecule has 0 bridgehead atoms. The highest BCUT2D eigenvalue weighted by Crippen LogP contribution is 2.13. The molecule has 0 heterocycles. The molecule has 17 nitrogen and oxygen atoms in total. The number of carbonyl (C=O) groups is 6. The fourth-order valence-electron chi connectivity index (χ4n) is 6.12. The number of aliphatic hydroxyl groups excluding tert-OH is 3. The Morgan fingerprint density at radius 2 is 0.875 bits per heavy atom. The van der Waals surface area contributed by atoms with E-state index in [-0.39, 0.29) is 31.7 Å². The number of amides is 5. The minimum atomic E-state index is -1.67. The van der Waals surface area contributed by atoms with Crippen LogP contribution in [0.15, 0.2) is 0 Å². The summed E-state index contributed by atoms with van der Waals surface area (Å²) in [5.41, 5.74) is 11.2. The Hall–Kier alpha value is -3.38. The average Bonchev–Trinajstić information content (AvgIpc) is 3.15. The van der Waals surface area contributed by atoms with Gasteiger partial charge in [-0.15, -0.1) is 0 Å². The third kappa shape index (κ3) is 24.3. The number of unbranched alkanes of at least 4 members (excludes halogenated alkanes) is 14. The maximum atomic E-state index is 13.5. The number of nitrogens with one attached hydrogen (secondary N) is 5. The SMILES string of the molecule is CCCCCCCCCCCCCCCC(=O)N[C@H](CCCCN)C(=O)N[C@H](C(=O)N[C@H](C(=O)N[C@H](CCCCN)C(=O)N[C@H](CO)C(=O)O)[C@H](C)O)[C@H](C)O. The third-order valence-electron chi connectivity index (χ3n) is 9.61. The monoisotopic (exact) mass is 802 g/mol. The summed E-state index contributed by atoms with van der Waals surface area (Å²) < 4.78 is 0. The van der Waals surface area contributed by atoms with Crippen LogP contribution in [0.4, 0.5) is 0 Å². The number of rotatable bonds is 35. The van der Waals surface area contributed by atoms with Crippen LogP contribution in [0.5, 0.6) is 0 Å². The van der Waals surface area contributed by atoms with Gasteiger partial charge in [0.15, 0.2) is 0 Å². The van der Waals surface area contributed by atoms with Gasteiger partial charge in [0.2, 0.25) is 29.5 Å². The van der Waals surface area contributed by atoms with E-state index in [4.69, 9.17) is 11.5 Å². The number of carboxylic acids is 1. The van der Waals surface area contributed by atoms with Gasteiger partial charge in [-0.1, -0.05) is 84.0 Å². The van der Waals surface area contributed by atoms with Crippen LogP contribution in [0.3, 0.4) is 0 Å². The van der Waals surface area contributed by atoms with Crippen molar-refractivity contribution < 1.29 is 49.2 Å². The van der Waals surface area contributed by atoms with Crippen molar-refractivity contribution in [2.75, 3.05) is 19.7 Å². The topological polar surface area (TPSA) is 296 Å². The lowest BCUT2D eigenvalue weighted by Gasteiger charge is -2.29. The maximum absolute atomic E-state index is 13.5. The molecule has 0 radical (unpaired) electrons. The molecule has 13 N–H and O–H groups in total. The molecule has 0 saturated carbocycles. The van der Waals surface area contributed by atoms with E-state index in [2.05, 4.69) is 33.5 Å². The first-order chi connectivity index (χ1) is 26.7. The summed E-state index contributed by atoms with van der Waals surface area (Å²) in [6.07, 6.45) is 14.6. The standard InChI is InChI=1S/C39H75N7O10/c1-4-5-6-7-8-9-10-11-12-13-14-15-16-23-32(50)42-29(21-17-19-24-40)36(52)45-34(28(3)49)38(54)46-33(27(2)48)37(53)43-30(22-18-20-25-41)35(51)44-31(26-47)39(55)56/h27-31,33-34,47-49H,4-26,40-41H2,1-3H3,(H,42,50)(H,43,53)(H,44,51)(H,45,52)(H,46,54)(H,55,56)/t27-,28-,29+,30+,31+,33-,34-/m0/s1. The van der Waals surface area contributed by atoms with Gasteiger partial charge in [0, 0.05) is 6.42 Å². The molecule has 0 aliphatic heterocycles. The Morgan fingerprint density at radius 3 is 1.29 bits per heavy atom. The summed E-state index contributed by atoms with van der Waals surface area (Å²) in [7, 11) is 0. The molecule has 0 aromatic rings. The van der Waals surface area contributed by atoms with Gasteiger partial charge in [-0.3, -0.25) is 24.0 Å². The van der Waals surface area contributed by atoms with Gasteiger partial charge in [0.05, 0.1) is 18.8 Å².